The Balaban J connectivity index is 1.79. The van der Waals surface area contributed by atoms with Crippen molar-refractivity contribution in [1.82, 2.24) is 5.32 Å². The second-order valence-electron chi connectivity index (χ2n) is 6.15. The molecule has 2 bridgehead atoms. The van der Waals surface area contributed by atoms with Crippen LogP contribution in [0, 0.1) is 17.8 Å². The molecule has 2 fully saturated rings. The Bertz CT molecular complexity index is 217. The molecular weight excluding hydrogens is 208 g/mol. The largest absolute Gasteiger partial charge is 0.330 e. The van der Waals surface area contributed by atoms with E-state index in [0.717, 1.165) is 30.3 Å². The Hall–Kier alpha value is -0.0800. The minimum Gasteiger partial charge on any atom is -0.330 e. The molecule has 0 amide bonds. The standard InChI is InChI=1S/C15H30N2/c1-2-12-11-15(17-9-4-3-8-16)14-7-5-6-13(12)10-14/h12-15,17H,2-11,16H2,1H3. The molecule has 4 unspecified atom stereocenters. The Labute approximate surface area is 107 Å². The minimum absolute atomic E-state index is 0.814. The molecule has 0 aromatic carbocycles. The van der Waals surface area contributed by atoms with Gasteiger partial charge in [0.25, 0.3) is 0 Å². The van der Waals surface area contributed by atoms with E-state index >= 15 is 0 Å². The summed E-state index contributed by atoms with van der Waals surface area (Å²) in [5.74, 6) is 3.04. The van der Waals surface area contributed by atoms with Crippen molar-refractivity contribution in [2.75, 3.05) is 13.1 Å². The van der Waals surface area contributed by atoms with Crippen LogP contribution in [0.5, 0.6) is 0 Å². The van der Waals surface area contributed by atoms with Gasteiger partial charge in [0.1, 0.15) is 0 Å². The van der Waals surface area contributed by atoms with Crippen molar-refractivity contribution in [3.63, 3.8) is 0 Å². The van der Waals surface area contributed by atoms with Crippen LogP contribution in [0.25, 0.3) is 0 Å². The predicted molar refractivity (Wildman–Crippen MR) is 73.9 cm³/mol. The molecule has 0 aromatic heterocycles. The zero-order valence-electron chi connectivity index (χ0n) is 11.5. The van der Waals surface area contributed by atoms with Crippen molar-refractivity contribution in [2.45, 2.75) is 64.3 Å². The van der Waals surface area contributed by atoms with Crippen LogP contribution in [0.1, 0.15) is 58.3 Å². The third-order valence-electron chi connectivity index (χ3n) is 5.11. The summed E-state index contributed by atoms with van der Waals surface area (Å²) in [6.45, 7) is 4.40. The van der Waals surface area contributed by atoms with E-state index in [1.807, 2.05) is 0 Å². The van der Waals surface area contributed by atoms with E-state index in [-0.39, 0.29) is 0 Å². The summed E-state index contributed by atoms with van der Waals surface area (Å²) in [5.41, 5.74) is 5.54. The lowest BCUT2D eigenvalue weighted by Crippen LogP contribution is -2.46. The van der Waals surface area contributed by atoms with E-state index in [2.05, 4.69) is 12.2 Å². The van der Waals surface area contributed by atoms with E-state index < -0.39 is 0 Å². The first kappa shape index (κ1) is 13.4. The molecule has 0 aliphatic heterocycles. The number of unbranched alkanes of at least 4 members (excludes halogenated alkanes) is 1. The van der Waals surface area contributed by atoms with Crippen molar-refractivity contribution in [3.05, 3.63) is 0 Å². The Morgan fingerprint density at radius 3 is 2.71 bits per heavy atom. The zero-order chi connectivity index (χ0) is 12.1. The summed E-state index contributed by atoms with van der Waals surface area (Å²) >= 11 is 0. The molecule has 100 valence electrons. The maximum atomic E-state index is 5.54. The number of nitrogens with two attached hydrogens (primary N) is 1. The fourth-order valence-corrected chi connectivity index (χ4v) is 4.08. The van der Waals surface area contributed by atoms with E-state index in [0.29, 0.717) is 0 Å². The van der Waals surface area contributed by atoms with Gasteiger partial charge in [-0.05, 0) is 62.9 Å². The summed E-state index contributed by atoms with van der Waals surface area (Å²) in [6.07, 6.45) is 11.2. The van der Waals surface area contributed by atoms with Crippen LogP contribution in [0.3, 0.4) is 0 Å². The molecule has 2 saturated carbocycles. The predicted octanol–water partition coefficient (Wildman–Crippen LogP) is 2.92. The van der Waals surface area contributed by atoms with Crippen LogP contribution in [0.4, 0.5) is 0 Å². The number of nitrogens with one attached hydrogen (secondary N) is 1. The third kappa shape index (κ3) is 3.45. The SMILES string of the molecule is CCC1CC(NCCCCN)C2CCCC1C2. The Kier molecular flexibility index (Phi) is 5.30. The van der Waals surface area contributed by atoms with Gasteiger partial charge < -0.3 is 11.1 Å². The monoisotopic (exact) mass is 238 g/mol. The highest BCUT2D eigenvalue weighted by Crippen LogP contribution is 2.44. The van der Waals surface area contributed by atoms with Crippen molar-refractivity contribution >= 4 is 0 Å². The van der Waals surface area contributed by atoms with Crippen LogP contribution >= 0.6 is 0 Å². The normalized spacial score (nSPS) is 37.1. The molecule has 0 heterocycles. The second kappa shape index (κ2) is 6.75. The fourth-order valence-electron chi connectivity index (χ4n) is 4.08. The number of hydrogen-bond donors (Lipinski definition) is 2. The molecular formula is C15H30N2. The minimum atomic E-state index is 0.814. The Morgan fingerprint density at radius 1 is 1.12 bits per heavy atom. The van der Waals surface area contributed by atoms with E-state index in [1.54, 1.807) is 0 Å². The number of fused-ring (bicyclic) bond motifs is 2. The average molecular weight is 238 g/mol. The lowest BCUT2D eigenvalue weighted by atomic mass is 9.64. The van der Waals surface area contributed by atoms with Crippen LogP contribution in [0.15, 0.2) is 0 Å². The third-order valence-corrected chi connectivity index (χ3v) is 5.11. The van der Waals surface area contributed by atoms with Gasteiger partial charge in [-0.2, -0.15) is 0 Å². The zero-order valence-corrected chi connectivity index (χ0v) is 11.5. The quantitative estimate of drug-likeness (QED) is 0.698. The first-order chi connectivity index (χ1) is 8.35. The maximum absolute atomic E-state index is 5.54. The summed E-state index contributed by atoms with van der Waals surface area (Å²) in [5, 5.41) is 3.82. The number of rotatable bonds is 6. The molecule has 3 N–H and O–H groups in total. The van der Waals surface area contributed by atoms with Crippen LogP contribution in [0.2, 0.25) is 0 Å². The summed E-state index contributed by atoms with van der Waals surface area (Å²) in [6, 6.07) is 0.814. The molecule has 0 saturated heterocycles. The van der Waals surface area contributed by atoms with Gasteiger partial charge in [-0.25, -0.2) is 0 Å². The van der Waals surface area contributed by atoms with E-state index in [4.69, 9.17) is 5.73 Å². The molecule has 2 aliphatic carbocycles. The highest BCUT2D eigenvalue weighted by Gasteiger charge is 2.37. The van der Waals surface area contributed by atoms with Crippen LogP contribution < -0.4 is 11.1 Å². The average Bonchev–Trinajstić information content (AvgIpc) is 2.37. The van der Waals surface area contributed by atoms with Crippen molar-refractivity contribution < 1.29 is 0 Å². The molecule has 0 spiro atoms. The fraction of sp³-hybridized carbons (Fsp3) is 1.00. The lowest BCUT2D eigenvalue weighted by molar-refractivity contribution is 0.0829. The molecule has 0 aromatic rings. The molecule has 2 rings (SSSR count). The van der Waals surface area contributed by atoms with Crippen molar-refractivity contribution in [1.29, 1.82) is 0 Å². The second-order valence-corrected chi connectivity index (χ2v) is 6.15. The van der Waals surface area contributed by atoms with Crippen LogP contribution in [-0.4, -0.2) is 19.1 Å². The van der Waals surface area contributed by atoms with Gasteiger partial charge in [-0.15, -0.1) is 0 Å². The highest BCUT2D eigenvalue weighted by atomic mass is 14.9. The Morgan fingerprint density at radius 2 is 1.94 bits per heavy atom. The maximum Gasteiger partial charge on any atom is 0.00981 e. The molecule has 2 aliphatic rings. The molecule has 2 nitrogen and oxygen atoms in total. The molecule has 2 heteroatoms. The van der Waals surface area contributed by atoms with Gasteiger partial charge >= 0.3 is 0 Å². The van der Waals surface area contributed by atoms with E-state index in [9.17, 15) is 0 Å². The molecule has 4 atom stereocenters. The molecule has 0 radical (unpaired) electrons. The summed E-state index contributed by atoms with van der Waals surface area (Å²) < 4.78 is 0. The topological polar surface area (TPSA) is 38.0 Å². The van der Waals surface area contributed by atoms with Gasteiger partial charge in [-0.1, -0.05) is 26.2 Å². The lowest BCUT2D eigenvalue weighted by Gasteiger charge is -2.45. The summed E-state index contributed by atoms with van der Waals surface area (Å²) in [7, 11) is 0. The van der Waals surface area contributed by atoms with Crippen molar-refractivity contribution in [2.24, 2.45) is 23.5 Å². The van der Waals surface area contributed by atoms with Gasteiger partial charge in [0.05, 0.1) is 0 Å². The van der Waals surface area contributed by atoms with Gasteiger partial charge in [0, 0.05) is 6.04 Å². The van der Waals surface area contributed by atoms with Gasteiger partial charge in [0.2, 0.25) is 0 Å². The first-order valence-corrected chi connectivity index (χ1v) is 7.78. The van der Waals surface area contributed by atoms with E-state index in [1.165, 1.54) is 57.9 Å². The smallest absolute Gasteiger partial charge is 0.00981 e. The van der Waals surface area contributed by atoms with Crippen LogP contribution in [-0.2, 0) is 0 Å². The molecule has 17 heavy (non-hydrogen) atoms. The highest BCUT2D eigenvalue weighted by molar-refractivity contribution is 4.92. The summed E-state index contributed by atoms with van der Waals surface area (Å²) in [4.78, 5) is 0. The van der Waals surface area contributed by atoms with Gasteiger partial charge in [0.15, 0.2) is 0 Å². The van der Waals surface area contributed by atoms with Crippen molar-refractivity contribution in [3.8, 4) is 0 Å². The van der Waals surface area contributed by atoms with Gasteiger partial charge in [-0.3, -0.25) is 0 Å². The first-order valence-electron chi connectivity index (χ1n) is 7.78. The number of hydrogen-bond acceptors (Lipinski definition) is 2.